The molecule has 0 unspecified atom stereocenters. The van der Waals surface area contributed by atoms with Gasteiger partial charge in [0.25, 0.3) is 0 Å². The van der Waals surface area contributed by atoms with Gasteiger partial charge in [-0.1, -0.05) is 109 Å². The lowest BCUT2D eigenvalue weighted by Crippen LogP contribution is -1.96. The Kier molecular flexibility index (Phi) is 6.32. The molecule has 0 atom stereocenters. The standard InChI is InChI=1S/C39H25N3S/c1-3-9-27(10-4-1)35-23-36(28-11-5-2-6-12-28)42-39(41-35)29-17-15-26(16-18-29)31-21-32(25-40-24-31)30-19-20-38-34(22-30)33-13-7-8-14-37(33)43-38/h1-25H. The van der Waals surface area contributed by atoms with Crippen molar-refractivity contribution in [3.05, 3.63) is 152 Å². The van der Waals surface area contributed by atoms with Crippen LogP contribution in [0, 0.1) is 0 Å². The molecule has 202 valence electrons. The van der Waals surface area contributed by atoms with Crippen molar-refractivity contribution >= 4 is 31.5 Å². The second kappa shape index (κ2) is 10.8. The lowest BCUT2D eigenvalue weighted by Gasteiger charge is -2.10. The highest BCUT2D eigenvalue weighted by Crippen LogP contribution is 2.37. The number of fused-ring (bicyclic) bond motifs is 3. The van der Waals surface area contributed by atoms with Gasteiger partial charge in [-0.2, -0.15) is 0 Å². The largest absolute Gasteiger partial charge is 0.263 e. The monoisotopic (exact) mass is 567 g/mol. The molecule has 0 saturated carbocycles. The molecule has 0 saturated heterocycles. The van der Waals surface area contributed by atoms with Crippen LogP contribution in [0.5, 0.6) is 0 Å². The third kappa shape index (κ3) is 4.88. The van der Waals surface area contributed by atoms with Crippen LogP contribution in [0.4, 0.5) is 0 Å². The van der Waals surface area contributed by atoms with E-state index in [1.54, 1.807) is 0 Å². The van der Waals surface area contributed by atoms with Crippen LogP contribution >= 0.6 is 11.3 Å². The quantitative estimate of drug-likeness (QED) is 0.208. The molecule has 0 N–H and O–H groups in total. The van der Waals surface area contributed by atoms with Crippen molar-refractivity contribution in [2.24, 2.45) is 0 Å². The first-order valence-electron chi connectivity index (χ1n) is 14.3. The lowest BCUT2D eigenvalue weighted by atomic mass is 9.99. The lowest BCUT2D eigenvalue weighted by molar-refractivity contribution is 1.18. The van der Waals surface area contributed by atoms with Crippen LogP contribution in [0.2, 0.25) is 0 Å². The molecule has 0 amide bonds. The van der Waals surface area contributed by atoms with Gasteiger partial charge in [0.15, 0.2) is 5.82 Å². The highest BCUT2D eigenvalue weighted by Gasteiger charge is 2.12. The third-order valence-corrected chi connectivity index (χ3v) is 8.94. The van der Waals surface area contributed by atoms with Crippen LogP contribution in [-0.2, 0) is 0 Å². The van der Waals surface area contributed by atoms with E-state index in [0.29, 0.717) is 5.82 Å². The minimum Gasteiger partial charge on any atom is -0.263 e. The third-order valence-electron chi connectivity index (χ3n) is 7.79. The zero-order valence-corrected chi connectivity index (χ0v) is 24.0. The zero-order valence-electron chi connectivity index (χ0n) is 23.2. The van der Waals surface area contributed by atoms with Crippen molar-refractivity contribution in [1.82, 2.24) is 15.0 Å². The van der Waals surface area contributed by atoms with Crippen molar-refractivity contribution in [3.63, 3.8) is 0 Å². The molecule has 0 bridgehead atoms. The number of thiophene rings is 1. The Morgan fingerprint density at radius 1 is 0.372 bits per heavy atom. The highest BCUT2D eigenvalue weighted by atomic mass is 32.1. The van der Waals surface area contributed by atoms with Gasteiger partial charge in [-0.25, -0.2) is 9.97 Å². The molecule has 3 heterocycles. The number of aromatic nitrogens is 3. The molecule has 5 aromatic carbocycles. The molecule has 0 radical (unpaired) electrons. The van der Waals surface area contributed by atoms with Crippen molar-refractivity contribution in [2.75, 3.05) is 0 Å². The smallest absolute Gasteiger partial charge is 0.160 e. The van der Waals surface area contributed by atoms with E-state index in [2.05, 4.69) is 108 Å². The molecule has 0 aliphatic heterocycles. The summed E-state index contributed by atoms with van der Waals surface area (Å²) in [6, 6.07) is 48.6. The van der Waals surface area contributed by atoms with Crippen LogP contribution in [0.1, 0.15) is 0 Å². The molecule has 43 heavy (non-hydrogen) atoms. The van der Waals surface area contributed by atoms with Gasteiger partial charge in [-0.3, -0.25) is 4.98 Å². The zero-order chi connectivity index (χ0) is 28.6. The van der Waals surface area contributed by atoms with Gasteiger partial charge >= 0.3 is 0 Å². The molecule has 3 aromatic heterocycles. The predicted molar refractivity (Wildman–Crippen MR) is 180 cm³/mol. The molecule has 0 aliphatic carbocycles. The number of pyridine rings is 1. The summed E-state index contributed by atoms with van der Waals surface area (Å²) in [4.78, 5) is 14.6. The average Bonchev–Trinajstić information content (AvgIpc) is 3.47. The molecular formula is C39H25N3S. The first kappa shape index (κ1) is 25.3. The van der Waals surface area contributed by atoms with E-state index in [0.717, 1.165) is 44.8 Å². The fourth-order valence-corrected chi connectivity index (χ4v) is 6.65. The molecule has 8 rings (SSSR count). The molecular weight excluding hydrogens is 543 g/mol. The summed E-state index contributed by atoms with van der Waals surface area (Å²) in [5.41, 5.74) is 9.35. The van der Waals surface area contributed by atoms with Crippen molar-refractivity contribution in [1.29, 1.82) is 0 Å². The number of hydrogen-bond acceptors (Lipinski definition) is 4. The Morgan fingerprint density at radius 3 is 1.63 bits per heavy atom. The van der Waals surface area contributed by atoms with E-state index in [9.17, 15) is 0 Å². The maximum Gasteiger partial charge on any atom is 0.160 e. The van der Waals surface area contributed by atoms with Crippen molar-refractivity contribution in [2.45, 2.75) is 0 Å². The van der Waals surface area contributed by atoms with Crippen LogP contribution in [0.25, 0.3) is 76.3 Å². The Balaban J connectivity index is 1.15. The van der Waals surface area contributed by atoms with E-state index < -0.39 is 0 Å². The summed E-state index contributed by atoms with van der Waals surface area (Å²) in [6.45, 7) is 0. The Labute approximate surface area is 253 Å². The van der Waals surface area contributed by atoms with Crippen LogP contribution in [0.15, 0.2) is 152 Å². The second-order valence-corrected chi connectivity index (χ2v) is 11.6. The summed E-state index contributed by atoms with van der Waals surface area (Å²) in [7, 11) is 0. The maximum atomic E-state index is 4.97. The number of nitrogens with zero attached hydrogens (tertiary/aromatic N) is 3. The molecule has 4 heteroatoms. The fraction of sp³-hybridized carbons (Fsp3) is 0. The topological polar surface area (TPSA) is 38.7 Å². The molecule has 0 aliphatic rings. The van der Waals surface area contributed by atoms with Gasteiger partial charge in [0.2, 0.25) is 0 Å². The van der Waals surface area contributed by atoms with Gasteiger partial charge in [0, 0.05) is 60.4 Å². The van der Waals surface area contributed by atoms with Crippen LogP contribution in [0.3, 0.4) is 0 Å². The summed E-state index contributed by atoms with van der Waals surface area (Å²) in [6.07, 6.45) is 3.87. The first-order valence-corrected chi connectivity index (χ1v) is 15.1. The first-order chi connectivity index (χ1) is 21.3. The second-order valence-electron chi connectivity index (χ2n) is 10.5. The van der Waals surface area contributed by atoms with E-state index in [-0.39, 0.29) is 0 Å². The molecule has 8 aromatic rings. The van der Waals surface area contributed by atoms with Gasteiger partial charge in [0.05, 0.1) is 11.4 Å². The summed E-state index contributed by atoms with van der Waals surface area (Å²) >= 11 is 1.84. The van der Waals surface area contributed by atoms with Gasteiger partial charge < -0.3 is 0 Å². The number of benzene rings is 5. The minimum atomic E-state index is 0.704. The van der Waals surface area contributed by atoms with Gasteiger partial charge in [-0.15, -0.1) is 11.3 Å². The minimum absolute atomic E-state index is 0.704. The van der Waals surface area contributed by atoms with Gasteiger partial charge in [0.1, 0.15) is 0 Å². The molecule has 0 spiro atoms. The average molecular weight is 568 g/mol. The van der Waals surface area contributed by atoms with Crippen LogP contribution in [-0.4, -0.2) is 15.0 Å². The summed E-state index contributed by atoms with van der Waals surface area (Å²) in [5, 5.41) is 2.60. The summed E-state index contributed by atoms with van der Waals surface area (Å²) in [5.74, 6) is 0.704. The highest BCUT2D eigenvalue weighted by molar-refractivity contribution is 7.25. The normalized spacial score (nSPS) is 11.3. The van der Waals surface area contributed by atoms with Crippen molar-refractivity contribution in [3.8, 4) is 56.2 Å². The van der Waals surface area contributed by atoms with Crippen molar-refractivity contribution < 1.29 is 0 Å². The summed E-state index contributed by atoms with van der Waals surface area (Å²) < 4.78 is 2.62. The maximum absolute atomic E-state index is 4.97. The Hall–Kier alpha value is -5.45. The fourth-order valence-electron chi connectivity index (χ4n) is 5.56. The van der Waals surface area contributed by atoms with E-state index in [1.807, 2.05) is 60.1 Å². The Morgan fingerprint density at radius 2 is 0.930 bits per heavy atom. The predicted octanol–water partition coefficient (Wildman–Crippen LogP) is 10.6. The van der Waals surface area contributed by atoms with E-state index in [4.69, 9.17) is 9.97 Å². The van der Waals surface area contributed by atoms with Gasteiger partial charge in [-0.05, 0) is 41.5 Å². The SMILES string of the molecule is c1ccc(-c2cc(-c3ccccc3)nc(-c3ccc(-c4cncc(-c5ccc6sc7ccccc7c6c5)c4)cc3)n2)cc1. The number of hydrogen-bond donors (Lipinski definition) is 0. The van der Waals surface area contributed by atoms with E-state index in [1.165, 1.54) is 25.7 Å². The molecule has 3 nitrogen and oxygen atoms in total. The Bertz CT molecular complexity index is 2160. The molecule has 0 fully saturated rings. The van der Waals surface area contributed by atoms with E-state index >= 15 is 0 Å². The number of rotatable bonds is 5. The van der Waals surface area contributed by atoms with Crippen LogP contribution < -0.4 is 0 Å².